The Balaban J connectivity index is 1.58. The van der Waals surface area contributed by atoms with E-state index in [9.17, 15) is 27.6 Å². The van der Waals surface area contributed by atoms with Gasteiger partial charge in [-0.2, -0.15) is 13.2 Å². The van der Waals surface area contributed by atoms with Gasteiger partial charge in [0.2, 0.25) is 11.8 Å². The number of halogens is 3. The molecule has 2 aromatic rings. The van der Waals surface area contributed by atoms with Crippen molar-refractivity contribution in [1.82, 2.24) is 20.9 Å². The highest BCUT2D eigenvalue weighted by Gasteiger charge is 2.31. The SMILES string of the molecule is Cc1ccc(CNC[C@H](NC(=O)CNC(=O)c2cccc(C(F)(F)F)c2)C(=O)N2CCCC2)c(C)c1. The van der Waals surface area contributed by atoms with Gasteiger partial charge in [0.15, 0.2) is 0 Å². The number of aryl methyl sites for hydroxylation is 2. The van der Waals surface area contributed by atoms with Crippen LogP contribution in [0.25, 0.3) is 0 Å². The van der Waals surface area contributed by atoms with Gasteiger partial charge < -0.3 is 20.9 Å². The average Bonchev–Trinajstić information content (AvgIpc) is 3.37. The van der Waals surface area contributed by atoms with Crippen LogP contribution in [-0.4, -0.2) is 54.8 Å². The minimum atomic E-state index is -4.58. The molecule has 0 bridgehead atoms. The normalized spacial score (nSPS) is 14.4. The first-order valence-corrected chi connectivity index (χ1v) is 11.8. The second kappa shape index (κ2) is 12.0. The fraction of sp³-hybridized carbons (Fsp3) is 0.423. The zero-order valence-corrected chi connectivity index (χ0v) is 20.4. The van der Waals surface area contributed by atoms with Crippen LogP contribution in [-0.2, 0) is 22.3 Å². The van der Waals surface area contributed by atoms with Crippen molar-refractivity contribution in [3.05, 3.63) is 70.3 Å². The lowest BCUT2D eigenvalue weighted by Gasteiger charge is -2.24. The molecule has 1 heterocycles. The highest BCUT2D eigenvalue weighted by atomic mass is 19.4. The van der Waals surface area contributed by atoms with Crippen LogP contribution in [0.15, 0.2) is 42.5 Å². The summed E-state index contributed by atoms with van der Waals surface area (Å²) in [6, 6.07) is 9.20. The Morgan fingerprint density at radius 2 is 1.75 bits per heavy atom. The number of carbonyl (C=O) groups is 3. The van der Waals surface area contributed by atoms with E-state index in [1.54, 1.807) is 4.90 Å². The maximum atomic E-state index is 13.0. The molecule has 0 aromatic heterocycles. The summed E-state index contributed by atoms with van der Waals surface area (Å²) < 4.78 is 38.7. The summed E-state index contributed by atoms with van der Waals surface area (Å²) in [5.74, 6) is -1.63. The van der Waals surface area contributed by atoms with E-state index in [-0.39, 0.29) is 18.0 Å². The van der Waals surface area contributed by atoms with E-state index in [2.05, 4.69) is 22.0 Å². The lowest BCUT2D eigenvalue weighted by Crippen LogP contribution is -2.54. The number of likely N-dealkylation sites (tertiary alicyclic amines) is 1. The molecule has 7 nitrogen and oxygen atoms in total. The third-order valence-corrected chi connectivity index (χ3v) is 6.07. The first-order chi connectivity index (χ1) is 17.0. The molecular formula is C26H31F3N4O3. The number of carbonyl (C=O) groups excluding carboxylic acids is 3. The number of nitrogens with zero attached hydrogens (tertiary/aromatic N) is 1. The molecule has 3 amide bonds. The third-order valence-electron chi connectivity index (χ3n) is 6.07. The van der Waals surface area contributed by atoms with Crippen LogP contribution >= 0.6 is 0 Å². The van der Waals surface area contributed by atoms with Crippen molar-refractivity contribution >= 4 is 17.7 Å². The second-order valence-corrected chi connectivity index (χ2v) is 8.97. The van der Waals surface area contributed by atoms with Gasteiger partial charge in [-0.1, -0.05) is 29.8 Å². The van der Waals surface area contributed by atoms with Gasteiger partial charge in [-0.3, -0.25) is 14.4 Å². The second-order valence-electron chi connectivity index (χ2n) is 8.97. The number of hydrogen-bond acceptors (Lipinski definition) is 4. The zero-order chi connectivity index (χ0) is 26.3. The Morgan fingerprint density at radius 1 is 1.03 bits per heavy atom. The molecule has 1 atom stereocenters. The fourth-order valence-electron chi connectivity index (χ4n) is 4.10. The van der Waals surface area contributed by atoms with Gasteiger partial charge >= 0.3 is 6.18 Å². The highest BCUT2D eigenvalue weighted by Crippen LogP contribution is 2.29. The number of hydrogen-bond donors (Lipinski definition) is 3. The van der Waals surface area contributed by atoms with Crippen LogP contribution in [0.5, 0.6) is 0 Å². The molecule has 0 saturated carbocycles. The Bertz CT molecular complexity index is 1100. The maximum absolute atomic E-state index is 13.0. The van der Waals surface area contributed by atoms with Gasteiger partial charge in [0.1, 0.15) is 6.04 Å². The van der Waals surface area contributed by atoms with Crippen molar-refractivity contribution in [3.63, 3.8) is 0 Å². The van der Waals surface area contributed by atoms with Gasteiger partial charge in [-0.05, 0) is 56.0 Å². The van der Waals surface area contributed by atoms with Crippen molar-refractivity contribution < 1.29 is 27.6 Å². The first kappa shape index (κ1) is 27.2. The van der Waals surface area contributed by atoms with Crippen LogP contribution < -0.4 is 16.0 Å². The van der Waals surface area contributed by atoms with E-state index in [0.717, 1.165) is 47.7 Å². The fourth-order valence-corrected chi connectivity index (χ4v) is 4.10. The Hall–Kier alpha value is -3.40. The summed E-state index contributed by atoms with van der Waals surface area (Å²) in [6.45, 7) is 5.48. The summed E-state index contributed by atoms with van der Waals surface area (Å²) in [7, 11) is 0. The summed E-state index contributed by atoms with van der Waals surface area (Å²) in [6.07, 6.45) is -2.79. The topological polar surface area (TPSA) is 90.5 Å². The molecule has 10 heteroatoms. The molecule has 194 valence electrons. The van der Waals surface area contributed by atoms with E-state index in [1.165, 1.54) is 6.07 Å². The summed E-state index contributed by atoms with van der Waals surface area (Å²) in [5.41, 5.74) is 2.18. The highest BCUT2D eigenvalue weighted by molar-refractivity contribution is 5.97. The van der Waals surface area contributed by atoms with Crippen molar-refractivity contribution in [2.45, 2.75) is 45.5 Å². The zero-order valence-electron chi connectivity index (χ0n) is 20.4. The van der Waals surface area contributed by atoms with Crippen molar-refractivity contribution in [3.8, 4) is 0 Å². The van der Waals surface area contributed by atoms with E-state index in [0.29, 0.717) is 19.6 Å². The molecule has 0 radical (unpaired) electrons. The lowest BCUT2D eigenvalue weighted by molar-refractivity contribution is -0.137. The molecule has 3 rings (SSSR count). The van der Waals surface area contributed by atoms with E-state index >= 15 is 0 Å². The number of nitrogens with one attached hydrogen (secondary N) is 3. The van der Waals surface area contributed by atoms with Crippen LogP contribution in [0.3, 0.4) is 0 Å². The molecule has 1 aliphatic heterocycles. The quantitative estimate of drug-likeness (QED) is 0.490. The predicted molar refractivity (Wildman–Crippen MR) is 129 cm³/mol. The molecule has 2 aromatic carbocycles. The monoisotopic (exact) mass is 504 g/mol. The number of alkyl halides is 3. The van der Waals surface area contributed by atoms with Gasteiger partial charge in [0, 0.05) is 31.7 Å². The van der Waals surface area contributed by atoms with Gasteiger partial charge in [0.25, 0.3) is 5.91 Å². The lowest BCUT2D eigenvalue weighted by atomic mass is 10.1. The molecule has 1 aliphatic rings. The molecule has 0 aliphatic carbocycles. The van der Waals surface area contributed by atoms with Crippen molar-refractivity contribution in [2.75, 3.05) is 26.2 Å². The number of benzene rings is 2. The molecule has 0 unspecified atom stereocenters. The molecule has 1 saturated heterocycles. The summed E-state index contributed by atoms with van der Waals surface area (Å²) >= 11 is 0. The minimum Gasteiger partial charge on any atom is -0.343 e. The van der Waals surface area contributed by atoms with E-state index in [1.807, 2.05) is 26.0 Å². The molecule has 0 spiro atoms. The van der Waals surface area contributed by atoms with Gasteiger partial charge in [-0.25, -0.2) is 0 Å². The van der Waals surface area contributed by atoms with Gasteiger partial charge in [0.05, 0.1) is 12.1 Å². The first-order valence-electron chi connectivity index (χ1n) is 11.8. The minimum absolute atomic E-state index is 0.190. The van der Waals surface area contributed by atoms with E-state index in [4.69, 9.17) is 0 Å². The largest absolute Gasteiger partial charge is 0.416 e. The number of rotatable bonds is 9. The molecule has 1 fully saturated rings. The van der Waals surface area contributed by atoms with Crippen LogP contribution in [0.2, 0.25) is 0 Å². The summed E-state index contributed by atoms with van der Waals surface area (Å²) in [4.78, 5) is 39.6. The smallest absolute Gasteiger partial charge is 0.343 e. The van der Waals surface area contributed by atoms with Gasteiger partial charge in [-0.15, -0.1) is 0 Å². The van der Waals surface area contributed by atoms with Crippen LogP contribution in [0.4, 0.5) is 13.2 Å². The average molecular weight is 505 g/mol. The number of amides is 3. The van der Waals surface area contributed by atoms with E-state index < -0.39 is 36.1 Å². The molecular weight excluding hydrogens is 473 g/mol. The van der Waals surface area contributed by atoms with Crippen molar-refractivity contribution in [1.29, 1.82) is 0 Å². The Labute approximate surface area is 208 Å². The Morgan fingerprint density at radius 3 is 2.42 bits per heavy atom. The third kappa shape index (κ3) is 7.55. The Kier molecular flexibility index (Phi) is 9.08. The molecule has 36 heavy (non-hydrogen) atoms. The van der Waals surface area contributed by atoms with Crippen LogP contribution in [0, 0.1) is 13.8 Å². The standard InChI is InChI=1S/C26H31F3N4O3/c1-17-8-9-20(18(2)12-17)14-30-15-22(25(36)33-10-3-4-11-33)32-23(34)16-31-24(35)19-6-5-7-21(13-19)26(27,28)29/h5-9,12-13,22,30H,3-4,10-11,14-16H2,1-2H3,(H,31,35)(H,32,34)/t22-/m0/s1. The summed E-state index contributed by atoms with van der Waals surface area (Å²) in [5, 5.41) is 8.21. The predicted octanol–water partition coefficient (Wildman–Crippen LogP) is 2.95. The molecule has 3 N–H and O–H groups in total. The van der Waals surface area contributed by atoms with Crippen LogP contribution in [0.1, 0.15) is 45.5 Å². The van der Waals surface area contributed by atoms with Crippen molar-refractivity contribution in [2.24, 2.45) is 0 Å². The maximum Gasteiger partial charge on any atom is 0.416 e.